The smallest absolute Gasteiger partial charge is 0.159 e. The first-order chi connectivity index (χ1) is 8.92. The molecule has 19 heavy (non-hydrogen) atoms. The minimum atomic E-state index is -0.683. The summed E-state index contributed by atoms with van der Waals surface area (Å²) in [6.45, 7) is 3.38. The standard InChI is InChI=1S/C14H15Cl2FO2/c1-8(12(17)7-18)4-5-10-11(15)6-13(19-3)9(2)14(10)16/h4,6-7,18H,5H2,1-3H3. The number of hydrogen-bond donors (Lipinski definition) is 1. The Balaban J connectivity index is 3.13. The highest BCUT2D eigenvalue weighted by Crippen LogP contribution is 2.35. The van der Waals surface area contributed by atoms with Crippen LogP contribution in [0.1, 0.15) is 18.1 Å². The summed E-state index contributed by atoms with van der Waals surface area (Å²) in [5.41, 5.74) is 1.81. The van der Waals surface area contributed by atoms with Crippen molar-refractivity contribution in [1.82, 2.24) is 0 Å². The van der Waals surface area contributed by atoms with Crippen LogP contribution in [0.25, 0.3) is 0 Å². The zero-order valence-corrected chi connectivity index (χ0v) is 12.4. The van der Waals surface area contributed by atoms with Crippen molar-refractivity contribution in [2.24, 2.45) is 0 Å². The van der Waals surface area contributed by atoms with Crippen LogP contribution in [0.5, 0.6) is 5.75 Å². The number of aliphatic hydroxyl groups is 1. The summed E-state index contributed by atoms with van der Waals surface area (Å²) in [7, 11) is 1.54. The Morgan fingerprint density at radius 3 is 2.63 bits per heavy atom. The SMILES string of the molecule is COc1cc(Cl)c(CC=C(C)C(F)=CO)c(Cl)c1C. The number of hydrogen-bond acceptors (Lipinski definition) is 2. The highest BCUT2D eigenvalue weighted by atomic mass is 35.5. The average Bonchev–Trinajstić information content (AvgIpc) is 2.41. The van der Waals surface area contributed by atoms with Crippen molar-refractivity contribution in [3.63, 3.8) is 0 Å². The number of benzene rings is 1. The summed E-state index contributed by atoms with van der Waals surface area (Å²) in [4.78, 5) is 0. The quantitative estimate of drug-likeness (QED) is 0.614. The van der Waals surface area contributed by atoms with Gasteiger partial charge in [0.25, 0.3) is 0 Å². The van der Waals surface area contributed by atoms with E-state index in [1.165, 1.54) is 0 Å². The van der Waals surface area contributed by atoms with Crippen LogP contribution in [-0.4, -0.2) is 12.2 Å². The molecule has 0 saturated heterocycles. The van der Waals surface area contributed by atoms with Crippen molar-refractivity contribution < 1.29 is 14.2 Å². The summed E-state index contributed by atoms with van der Waals surface area (Å²) < 4.78 is 18.2. The molecule has 0 aromatic heterocycles. The Labute approximate surface area is 122 Å². The van der Waals surface area contributed by atoms with Crippen molar-refractivity contribution in [2.45, 2.75) is 20.3 Å². The second kappa shape index (κ2) is 6.83. The highest BCUT2D eigenvalue weighted by Gasteiger charge is 2.13. The lowest BCUT2D eigenvalue weighted by Crippen LogP contribution is -1.94. The van der Waals surface area contributed by atoms with Gasteiger partial charge in [0.15, 0.2) is 5.83 Å². The van der Waals surface area contributed by atoms with E-state index >= 15 is 0 Å². The summed E-state index contributed by atoms with van der Waals surface area (Å²) >= 11 is 12.4. The van der Waals surface area contributed by atoms with Crippen molar-refractivity contribution in [1.29, 1.82) is 0 Å². The van der Waals surface area contributed by atoms with E-state index in [1.54, 1.807) is 26.2 Å². The fourth-order valence-electron chi connectivity index (χ4n) is 1.60. The molecule has 0 saturated carbocycles. The van der Waals surface area contributed by atoms with Crippen LogP contribution < -0.4 is 4.74 Å². The molecule has 0 fully saturated rings. The van der Waals surface area contributed by atoms with Crippen molar-refractivity contribution in [2.75, 3.05) is 7.11 Å². The van der Waals surface area contributed by atoms with Crippen LogP contribution in [0.4, 0.5) is 4.39 Å². The van der Waals surface area contributed by atoms with Gasteiger partial charge in [0.1, 0.15) is 12.0 Å². The zero-order valence-electron chi connectivity index (χ0n) is 10.9. The molecule has 0 unspecified atom stereocenters. The second-order valence-corrected chi connectivity index (χ2v) is 4.83. The molecule has 2 nitrogen and oxygen atoms in total. The van der Waals surface area contributed by atoms with Gasteiger partial charge in [-0.1, -0.05) is 29.3 Å². The molecule has 0 aliphatic carbocycles. The van der Waals surface area contributed by atoms with E-state index in [-0.39, 0.29) is 0 Å². The van der Waals surface area contributed by atoms with Gasteiger partial charge in [-0.3, -0.25) is 0 Å². The molecule has 0 heterocycles. The summed E-state index contributed by atoms with van der Waals surface area (Å²) in [5, 5.41) is 9.54. The molecule has 1 aromatic carbocycles. The number of methoxy groups -OCH3 is 1. The molecule has 5 heteroatoms. The third-order valence-corrected chi connectivity index (χ3v) is 3.68. The van der Waals surface area contributed by atoms with E-state index < -0.39 is 5.83 Å². The molecule has 0 bridgehead atoms. The maximum absolute atomic E-state index is 13.1. The van der Waals surface area contributed by atoms with Crippen LogP contribution in [0, 0.1) is 6.92 Å². The molecule has 104 valence electrons. The molecule has 1 N–H and O–H groups in total. The minimum absolute atomic E-state index is 0.322. The first kappa shape index (κ1) is 15.9. The Bertz CT molecular complexity index is 537. The lowest BCUT2D eigenvalue weighted by atomic mass is 10.1. The Morgan fingerprint density at radius 1 is 1.47 bits per heavy atom. The van der Waals surface area contributed by atoms with Gasteiger partial charge in [0, 0.05) is 10.6 Å². The molecule has 1 rings (SSSR count). The first-order valence-corrected chi connectivity index (χ1v) is 6.36. The van der Waals surface area contributed by atoms with Gasteiger partial charge in [0.2, 0.25) is 0 Å². The van der Waals surface area contributed by atoms with Gasteiger partial charge < -0.3 is 9.84 Å². The van der Waals surface area contributed by atoms with E-state index in [1.807, 2.05) is 6.92 Å². The monoisotopic (exact) mass is 304 g/mol. The Hall–Kier alpha value is -1.19. The molecule has 0 spiro atoms. The molecule has 0 amide bonds. The van der Waals surface area contributed by atoms with Gasteiger partial charge in [-0.25, -0.2) is 4.39 Å². The van der Waals surface area contributed by atoms with Gasteiger partial charge in [-0.2, -0.15) is 0 Å². The number of halogens is 3. The van der Waals surface area contributed by atoms with Crippen LogP contribution in [0.15, 0.2) is 29.8 Å². The third kappa shape index (κ3) is 3.64. The number of allylic oxidation sites excluding steroid dienone is 3. The lowest BCUT2D eigenvalue weighted by molar-refractivity contribution is 0.411. The van der Waals surface area contributed by atoms with Crippen molar-refractivity contribution >= 4 is 23.2 Å². The zero-order chi connectivity index (χ0) is 14.6. The van der Waals surface area contributed by atoms with Crippen LogP contribution in [0.2, 0.25) is 10.0 Å². The summed E-state index contributed by atoms with van der Waals surface area (Å²) in [6, 6.07) is 1.68. The molecule has 0 atom stereocenters. The van der Waals surface area contributed by atoms with Crippen LogP contribution >= 0.6 is 23.2 Å². The van der Waals surface area contributed by atoms with Crippen LogP contribution in [-0.2, 0) is 6.42 Å². The summed E-state index contributed by atoms with van der Waals surface area (Å²) in [6.07, 6.45) is 2.41. The fourth-order valence-corrected chi connectivity index (χ4v) is 2.19. The lowest BCUT2D eigenvalue weighted by Gasteiger charge is -2.12. The maximum Gasteiger partial charge on any atom is 0.159 e. The van der Waals surface area contributed by atoms with Gasteiger partial charge in [-0.05, 0) is 37.5 Å². The average molecular weight is 305 g/mol. The van der Waals surface area contributed by atoms with Gasteiger partial charge >= 0.3 is 0 Å². The summed E-state index contributed by atoms with van der Waals surface area (Å²) in [5.74, 6) is -0.0710. The van der Waals surface area contributed by atoms with Crippen LogP contribution in [0.3, 0.4) is 0 Å². The molecular formula is C14H15Cl2FO2. The fraction of sp³-hybridized carbons (Fsp3) is 0.286. The van der Waals surface area contributed by atoms with E-state index in [4.69, 9.17) is 33.0 Å². The van der Waals surface area contributed by atoms with Crippen molar-refractivity contribution in [3.05, 3.63) is 51.0 Å². The van der Waals surface area contributed by atoms with E-state index in [2.05, 4.69) is 0 Å². The number of rotatable bonds is 4. The predicted molar refractivity (Wildman–Crippen MR) is 77.0 cm³/mol. The first-order valence-electron chi connectivity index (χ1n) is 5.60. The molecule has 0 radical (unpaired) electrons. The topological polar surface area (TPSA) is 29.5 Å². The maximum atomic E-state index is 13.1. The van der Waals surface area contributed by atoms with Gasteiger partial charge in [0.05, 0.1) is 12.1 Å². The minimum Gasteiger partial charge on any atom is -0.513 e. The largest absolute Gasteiger partial charge is 0.513 e. The van der Waals surface area contributed by atoms with Gasteiger partial charge in [-0.15, -0.1) is 0 Å². The highest BCUT2D eigenvalue weighted by molar-refractivity contribution is 6.36. The molecule has 1 aromatic rings. The van der Waals surface area contributed by atoms with E-state index in [0.717, 1.165) is 5.56 Å². The Kier molecular flexibility index (Phi) is 5.70. The molecule has 0 aliphatic rings. The number of aliphatic hydroxyl groups excluding tert-OH is 1. The predicted octanol–water partition coefficient (Wildman–Crippen LogP) is 5.17. The molecule has 0 aliphatic heterocycles. The molecular weight excluding hydrogens is 290 g/mol. The Morgan fingerprint density at radius 2 is 2.11 bits per heavy atom. The van der Waals surface area contributed by atoms with Crippen molar-refractivity contribution in [3.8, 4) is 5.75 Å². The van der Waals surface area contributed by atoms with E-state index in [9.17, 15) is 4.39 Å². The third-order valence-electron chi connectivity index (χ3n) is 2.83. The number of ether oxygens (including phenoxy) is 1. The second-order valence-electron chi connectivity index (χ2n) is 4.05. The van der Waals surface area contributed by atoms with E-state index in [0.29, 0.717) is 39.6 Å². The normalized spacial score (nSPS) is 12.7.